The zero-order valence-corrected chi connectivity index (χ0v) is 18.7. The number of nitrogens with zero attached hydrogens (tertiary/aromatic N) is 3. The van der Waals surface area contributed by atoms with E-state index >= 15 is 0 Å². The Morgan fingerprint density at radius 1 is 1.29 bits per heavy atom. The van der Waals surface area contributed by atoms with Crippen LogP contribution in [0.15, 0.2) is 35.5 Å². The number of esters is 1. The molecule has 9 heteroatoms. The van der Waals surface area contributed by atoms with Gasteiger partial charge >= 0.3 is 5.97 Å². The molecule has 2 aromatic rings. The Balaban J connectivity index is 1.81. The van der Waals surface area contributed by atoms with Crippen LogP contribution in [0, 0.1) is 0 Å². The number of anilines is 1. The highest BCUT2D eigenvalue weighted by atomic mass is 32.2. The first kappa shape index (κ1) is 21.4. The molecule has 2 amide bonds. The molecule has 1 aliphatic carbocycles. The average molecular weight is 443 g/mol. The normalized spacial score (nSPS) is 21.1. The summed E-state index contributed by atoms with van der Waals surface area (Å²) in [5.74, 6) is -1.34. The molecule has 1 saturated carbocycles. The van der Waals surface area contributed by atoms with E-state index in [1.165, 1.54) is 18.3 Å². The maximum Gasteiger partial charge on any atom is 0.359 e. The van der Waals surface area contributed by atoms with Gasteiger partial charge in [0.2, 0.25) is 5.91 Å². The number of carbonyl (C=O) groups is 3. The van der Waals surface area contributed by atoms with Gasteiger partial charge < -0.3 is 14.6 Å². The summed E-state index contributed by atoms with van der Waals surface area (Å²) in [5, 5.41) is 3.15. The molecule has 0 bridgehead atoms. The predicted octanol–water partition coefficient (Wildman–Crippen LogP) is 2.87. The molecule has 164 valence electrons. The third kappa shape index (κ3) is 3.71. The minimum atomic E-state index is -1.18. The molecule has 2 heterocycles. The van der Waals surface area contributed by atoms with Crippen molar-refractivity contribution in [3.63, 3.8) is 0 Å². The van der Waals surface area contributed by atoms with Crippen LogP contribution in [-0.4, -0.2) is 52.3 Å². The Kier molecular flexibility index (Phi) is 5.79. The van der Waals surface area contributed by atoms with Crippen LogP contribution in [0.1, 0.15) is 53.6 Å². The van der Waals surface area contributed by atoms with E-state index in [4.69, 9.17) is 4.74 Å². The van der Waals surface area contributed by atoms with Crippen molar-refractivity contribution in [2.75, 3.05) is 18.3 Å². The average Bonchev–Trinajstić information content (AvgIpc) is 3.43. The van der Waals surface area contributed by atoms with Crippen LogP contribution < -0.4 is 10.2 Å². The summed E-state index contributed by atoms with van der Waals surface area (Å²) in [6, 6.07) is 7.61. The van der Waals surface area contributed by atoms with Crippen LogP contribution >= 0.6 is 11.8 Å². The number of fused-ring (bicyclic) bond motifs is 1. The van der Waals surface area contributed by atoms with Crippen molar-refractivity contribution < 1.29 is 19.1 Å². The number of hydrogen-bond acceptors (Lipinski definition) is 6. The molecule has 1 aromatic carbocycles. The smallest absolute Gasteiger partial charge is 0.359 e. The van der Waals surface area contributed by atoms with Crippen molar-refractivity contribution in [2.45, 2.75) is 55.6 Å². The van der Waals surface area contributed by atoms with Crippen LogP contribution in [0.2, 0.25) is 0 Å². The monoisotopic (exact) mass is 442 g/mol. The summed E-state index contributed by atoms with van der Waals surface area (Å²) < 4.78 is 6.39. The van der Waals surface area contributed by atoms with Crippen LogP contribution in [-0.2, 0) is 16.1 Å². The molecule has 31 heavy (non-hydrogen) atoms. The molecule has 4 rings (SSSR count). The number of carbonyl (C=O) groups excluding carboxylic acids is 3. The molecule has 2 aliphatic rings. The van der Waals surface area contributed by atoms with Crippen molar-refractivity contribution >= 4 is 35.2 Å². The molecule has 0 spiro atoms. The number of benzene rings is 1. The lowest BCUT2D eigenvalue weighted by Crippen LogP contribution is -2.65. The summed E-state index contributed by atoms with van der Waals surface area (Å²) in [4.78, 5) is 46.1. The summed E-state index contributed by atoms with van der Waals surface area (Å²) in [5.41, 5.74) is -0.494. The van der Waals surface area contributed by atoms with E-state index in [-0.39, 0.29) is 29.9 Å². The largest absolute Gasteiger partial charge is 0.464 e. The highest BCUT2D eigenvalue weighted by Crippen LogP contribution is 2.35. The fraction of sp³-hybridized carbons (Fsp3) is 0.455. The van der Waals surface area contributed by atoms with E-state index in [0.29, 0.717) is 5.69 Å². The molecular formula is C22H26N4O4S. The summed E-state index contributed by atoms with van der Waals surface area (Å²) in [6.07, 6.45) is 7.45. The number of amides is 2. The van der Waals surface area contributed by atoms with E-state index in [0.717, 1.165) is 30.6 Å². The molecule has 0 saturated heterocycles. The SMILES string of the molecule is COC(=O)c1ncn2c1C(=O)N(c1cccc(SC)c1)C(C)(C(=O)NC1CCCC1)C2. The van der Waals surface area contributed by atoms with Gasteiger partial charge in [0.1, 0.15) is 11.2 Å². The summed E-state index contributed by atoms with van der Waals surface area (Å²) in [6.45, 7) is 1.95. The molecule has 1 atom stereocenters. The second-order valence-corrected chi connectivity index (χ2v) is 9.01. The van der Waals surface area contributed by atoms with Crippen molar-refractivity contribution in [3.8, 4) is 0 Å². The van der Waals surface area contributed by atoms with Gasteiger partial charge in [-0.2, -0.15) is 0 Å². The van der Waals surface area contributed by atoms with Crippen molar-refractivity contribution in [3.05, 3.63) is 42.0 Å². The lowest BCUT2D eigenvalue weighted by molar-refractivity contribution is -0.127. The van der Waals surface area contributed by atoms with Gasteiger partial charge in [0.15, 0.2) is 5.69 Å². The Hall–Kier alpha value is -2.81. The van der Waals surface area contributed by atoms with Gasteiger partial charge in [-0.05, 0) is 44.2 Å². The molecular weight excluding hydrogens is 416 g/mol. The van der Waals surface area contributed by atoms with Gasteiger partial charge in [0.05, 0.1) is 20.0 Å². The zero-order chi connectivity index (χ0) is 22.2. The first-order chi connectivity index (χ1) is 14.9. The number of methoxy groups -OCH3 is 1. The minimum Gasteiger partial charge on any atom is -0.464 e. The number of aromatic nitrogens is 2. The Morgan fingerprint density at radius 2 is 2.03 bits per heavy atom. The first-order valence-electron chi connectivity index (χ1n) is 10.3. The maximum absolute atomic E-state index is 13.7. The van der Waals surface area contributed by atoms with Gasteiger partial charge in [0, 0.05) is 16.6 Å². The van der Waals surface area contributed by atoms with Gasteiger partial charge in [0.25, 0.3) is 5.91 Å². The molecule has 0 radical (unpaired) electrons. The van der Waals surface area contributed by atoms with E-state index < -0.39 is 17.4 Å². The van der Waals surface area contributed by atoms with Crippen molar-refractivity contribution in [1.82, 2.24) is 14.9 Å². The standard InChI is InChI=1S/C22H26N4O4S/c1-22(21(29)24-14-7-4-5-8-14)12-25-13-23-17(20(28)30-2)18(25)19(27)26(22)15-9-6-10-16(11-15)31-3/h6,9-11,13-14H,4-5,7-8,12H2,1-3H3,(H,24,29). The number of hydrogen-bond donors (Lipinski definition) is 1. The van der Waals surface area contributed by atoms with E-state index in [1.54, 1.807) is 23.3 Å². The van der Waals surface area contributed by atoms with Crippen molar-refractivity contribution in [1.29, 1.82) is 0 Å². The minimum absolute atomic E-state index is 0.0447. The predicted molar refractivity (Wildman–Crippen MR) is 117 cm³/mol. The second kappa shape index (κ2) is 8.37. The third-order valence-corrected chi connectivity index (χ3v) is 6.81. The summed E-state index contributed by atoms with van der Waals surface area (Å²) >= 11 is 1.55. The fourth-order valence-electron chi connectivity index (χ4n) is 4.44. The lowest BCUT2D eigenvalue weighted by Gasteiger charge is -2.44. The van der Waals surface area contributed by atoms with Crippen LogP contribution in [0.3, 0.4) is 0 Å². The Bertz CT molecular complexity index is 1030. The number of thioether (sulfide) groups is 1. The first-order valence-corrected chi connectivity index (χ1v) is 11.5. The van der Waals surface area contributed by atoms with Gasteiger partial charge in [-0.1, -0.05) is 18.9 Å². The van der Waals surface area contributed by atoms with Gasteiger partial charge in [-0.25, -0.2) is 9.78 Å². The molecule has 1 N–H and O–H groups in total. The van der Waals surface area contributed by atoms with Crippen LogP contribution in [0.5, 0.6) is 0 Å². The van der Waals surface area contributed by atoms with E-state index in [9.17, 15) is 14.4 Å². The summed E-state index contributed by atoms with van der Waals surface area (Å²) in [7, 11) is 1.25. The Morgan fingerprint density at radius 3 is 2.71 bits per heavy atom. The van der Waals surface area contributed by atoms with Crippen LogP contribution in [0.4, 0.5) is 5.69 Å². The van der Waals surface area contributed by atoms with Gasteiger partial charge in [-0.15, -0.1) is 11.8 Å². The van der Waals surface area contributed by atoms with E-state index in [2.05, 4.69) is 10.3 Å². The molecule has 1 fully saturated rings. The number of rotatable bonds is 5. The highest BCUT2D eigenvalue weighted by molar-refractivity contribution is 7.98. The van der Waals surface area contributed by atoms with Crippen molar-refractivity contribution in [2.24, 2.45) is 0 Å². The maximum atomic E-state index is 13.7. The third-order valence-electron chi connectivity index (χ3n) is 6.08. The second-order valence-electron chi connectivity index (χ2n) is 8.13. The Labute approximate surface area is 185 Å². The zero-order valence-electron chi connectivity index (χ0n) is 17.9. The number of imidazole rings is 1. The topological polar surface area (TPSA) is 93.5 Å². The van der Waals surface area contributed by atoms with Crippen LogP contribution in [0.25, 0.3) is 0 Å². The fourth-order valence-corrected chi connectivity index (χ4v) is 4.89. The molecule has 8 nitrogen and oxygen atoms in total. The number of nitrogens with one attached hydrogen (secondary N) is 1. The number of ether oxygens (including phenoxy) is 1. The molecule has 1 aliphatic heterocycles. The highest BCUT2D eigenvalue weighted by Gasteiger charge is 2.50. The van der Waals surface area contributed by atoms with Gasteiger partial charge in [-0.3, -0.25) is 14.5 Å². The molecule has 1 unspecified atom stereocenters. The molecule has 1 aromatic heterocycles. The van der Waals surface area contributed by atoms with E-state index in [1.807, 2.05) is 30.5 Å². The lowest BCUT2D eigenvalue weighted by atomic mass is 9.93. The quantitative estimate of drug-likeness (QED) is 0.565.